The van der Waals surface area contributed by atoms with Crippen molar-refractivity contribution in [2.75, 3.05) is 17.3 Å². The first-order chi connectivity index (χ1) is 19.6. The smallest absolute Gasteiger partial charge is 0.179 e. The molecule has 0 spiro atoms. The van der Waals surface area contributed by atoms with Crippen LogP contribution in [0.3, 0.4) is 0 Å². The summed E-state index contributed by atoms with van der Waals surface area (Å²) in [5.41, 5.74) is 7.87. The van der Waals surface area contributed by atoms with Gasteiger partial charge in [0.05, 0.1) is 41.6 Å². The van der Waals surface area contributed by atoms with E-state index in [0.717, 1.165) is 62.5 Å². The van der Waals surface area contributed by atoms with Crippen molar-refractivity contribution >= 4 is 34.6 Å². The normalized spacial score (nSPS) is 16.5. The Labute approximate surface area is 233 Å². The van der Waals surface area contributed by atoms with Gasteiger partial charge in [-0.3, -0.25) is 0 Å². The van der Waals surface area contributed by atoms with Gasteiger partial charge in [-0.2, -0.15) is 5.10 Å². The van der Waals surface area contributed by atoms with Crippen LogP contribution in [0.1, 0.15) is 28.4 Å². The molecular formula is C33H28N6O. The highest BCUT2D eigenvalue weighted by Gasteiger charge is 2.42. The second kappa shape index (κ2) is 9.54. The number of amidine groups is 2. The van der Waals surface area contributed by atoms with Crippen LogP contribution in [0.25, 0.3) is 5.69 Å². The van der Waals surface area contributed by atoms with E-state index in [-0.39, 0.29) is 6.04 Å². The zero-order valence-corrected chi connectivity index (χ0v) is 22.5. The van der Waals surface area contributed by atoms with E-state index in [4.69, 9.17) is 19.8 Å². The zero-order valence-electron chi connectivity index (χ0n) is 22.5. The van der Waals surface area contributed by atoms with Crippen molar-refractivity contribution in [2.45, 2.75) is 19.9 Å². The summed E-state index contributed by atoms with van der Waals surface area (Å²) >= 11 is 0. The van der Waals surface area contributed by atoms with Crippen molar-refractivity contribution < 1.29 is 4.74 Å². The molecule has 1 N–H and O–H groups in total. The lowest BCUT2D eigenvalue weighted by Crippen LogP contribution is -2.48. The molecule has 0 radical (unpaired) electrons. The number of aryl methyl sites for hydroxylation is 2. The minimum absolute atomic E-state index is 0.249. The quantitative estimate of drug-likeness (QED) is 0.268. The largest absolute Gasteiger partial charge is 0.496 e. The van der Waals surface area contributed by atoms with Gasteiger partial charge in [0.1, 0.15) is 5.75 Å². The zero-order chi connectivity index (χ0) is 27.2. The molecule has 40 heavy (non-hydrogen) atoms. The van der Waals surface area contributed by atoms with Gasteiger partial charge in [0.15, 0.2) is 17.5 Å². The Morgan fingerprint density at radius 2 is 1.55 bits per heavy atom. The van der Waals surface area contributed by atoms with Crippen molar-refractivity contribution in [3.63, 3.8) is 0 Å². The van der Waals surface area contributed by atoms with Gasteiger partial charge in [0.25, 0.3) is 0 Å². The number of aliphatic imine (C=N–C) groups is 2. The van der Waals surface area contributed by atoms with Crippen LogP contribution >= 0.6 is 0 Å². The Balaban J connectivity index is 1.56. The number of aromatic nitrogens is 2. The van der Waals surface area contributed by atoms with Crippen molar-refractivity contribution in [1.82, 2.24) is 9.78 Å². The van der Waals surface area contributed by atoms with E-state index < -0.39 is 0 Å². The molecule has 7 rings (SSSR count). The van der Waals surface area contributed by atoms with Gasteiger partial charge >= 0.3 is 0 Å². The molecule has 1 aromatic heterocycles. The molecule has 0 saturated carbocycles. The third kappa shape index (κ3) is 3.78. The summed E-state index contributed by atoms with van der Waals surface area (Å²) < 4.78 is 7.85. The van der Waals surface area contributed by atoms with Crippen LogP contribution < -0.4 is 15.0 Å². The van der Waals surface area contributed by atoms with Gasteiger partial charge in [-0.1, -0.05) is 66.7 Å². The van der Waals surface area contributed by atoms with Gasteiger partial charge in [0.2, 0.25) is 0 Å². The second-order valence-corrected chi connectivity index (χ2v) is 9.91. The first-order valence-corrected chi connectivity index (χ1v) is 13.3. The van der Waals surface area contributed by atoms with Crippen molar-refractivity contribution in [3.8, 4) is 11.4 Å². The number of ether oxygens (including phenoxy) is 1. The lowest BCUT2D eigenvalue weighted by molar-refractivity contribution is 0.407. The van der Waals surface area contributed by atoms with Crippen molar-refractivity contribution in [3.05, 3.63) is 126 Å². The highest BCUT2D eigenvalue weighted by molar-refractivity contribution is 6.52. The van der Waals surface area contributed by atoms with Crippen LogP contribution in [-0.4, -0.2) is 28.6 Å². The molecule has 5 aromatic rings. The minimum Gasteiger partial charge on any atom is -0.496 e. The van der Waals surface area contributed by atoms with Crippen LogP contribution in [0, 0.1) is 13.8 Å². The standard InChI is InChI=1S/C33H28N6O/c1-21-13-7-9-17-25(21)34-31-33-36-32-29(22(2)37-39(32)23-14-5-4-6-15-23)30(24-16-8-12-20-28(24)40-3)38(33)27-19-11-10-18-26(27)35-31/h4-20,30H,1-3H3,(H,34,35)/t30-/m1/s1. The van der Waals surface area contributed by atoms with Gasteiger partial charge in [0, 0.05) is 11.1 Å². The van der Waals surface area contributed by atoms with E-state index in [0.29, 0.717) is 5.84 Å². The molecule has 7 heteroatoms. The molecule has 1 atom stereocenters. The summed E-state index contributed by atoms with van der Waals surface area (Å²) in [4.78, 5) is 12.7. The number of fused-ring (bicyclic) bond motifs is 4. The molecule has 7 nitrogen and oxygen atoms in total. The predicted molar refractivity (Wildman–Crippen MR) is 161 cm³/mol. The summed E-state index contributed by atoms with van der Waals surface area (Å²) in [6.45, 7) is 4.12. The average Bonchev–Trinajstić information content (AvgIpc) is 3.33. The maximum absolute atomic E-state index is 5.91. The lowest BCUT2D eigenvalue weighted by atomic mass is 9.92. The van der Waals surface area contributed by atoms with E-state index in [9.17, 15) is 0 Å². The number of methoxy groups -OCH3 is 1. The maximum Gasteiger partial charge on any atom is 0.179 e. The number of nitrogens with one attached hydrogen (secondary N) is 1. The molecule has 3 heterocycles. The number of rotatable bonds is 4. The average molecular weight is 525 g/mol. The number of hydrogen-bond donors (Lipinski definition) is 1. The van der Waals surface area contributed by atoms with E-state index in [1.807, 2.05) is 71.4 Å². The summed E-state index contributed by atoms with van der Waals surface area (Å²) in [5.74, 6) is 2.99. The number of benzene rings is 4. The van der Waals surface area contributed by atoms with Gasteiger partial charge in [-0.15, -0.1) is 0 Å². The Kier molecular flexibility index (Phi) is 5.70. The monoisotopic (exact) mass is 524 g/mol. The molecular weight excluding hydrogens is 496 g/mol. The second-order valence-electron chi connectivity index (χ2n) is 9.91. The molecule has 2 aliphatic heterocycles. The predicted octanol–water partition coefficient (Wildman–Crippen LogP) is 7.29. The molecule has 0 amide bonds. The van der Waals surface area contributed by atoms with Crippen LogP contribution in [-0.2, 0) is 0 Å². The number of hydrogen-bond acceptors (Lipinski definition) is 5. The first-order valence-electron chi connectivity index (χ1n) is 13.3. The molecule has 2 aliphatic rings. The van der Waals surface area contributed by atoms with E-state index in [1.54, 1.807) is 7.11 Å². The molecule has 4 aromatic carbocycles. The van der Waals surface area contributed by atoms with Crippen molar-refractivity contribution in [1.29, 1.82) is 0 Å². The summed E-state index contributed by atoms with van der Waals surface area (Å²) in [7, 11) is 1.72. The molecule has 0 aliphatic carbocycles. The molecule has 0 fully saturated rings. The maximum atomic E-state index is 5.91. The fraction of sp³-hybridized carbons (Fsp3) is 0.121. The molecule has 0 saturated heterocycles. The van der Waals surface area contributed by atoms with Crippen molar-refractivity contribution in [2.24, 2.45) is 9.98 Å². The topological polar surface area (TPSA) is 67.0 Å². The number of anilines is 2. The summed E-state index contributed by atoms with van der Waals surface area (Å²) in [6.07, 6.45) is 0. The molecule has 0 unspecified atom stereocenters. The minimum atomic E-state index is -0.249. The highest BCUT2D eigenvalue weighted by Crippen LogP contribution is 2.49. The lowest BCUT2D eigenvalue weighted by Gasteiger charge is -2.42. The third-order valence-electron chi connectivity index (χ3n) is 7.46. The van der Waals surface area contributed by atoms with E-state index in [2.05, 4.69) is 60.5 Å². The Morgan fingerprint density at radius 1 is 0.825 bits per heavy atom. The summed E-state index contributed by atoms with van der Waals surface area (Å²) in [5, 5.41) is 8.60. The van der Waals surface area contributed by atoms with Gasteiger partial charge < -0.3 is 15.0 Å². The third-order valence-corrected chi connectivity index (χ3v) is 7.46. The fourth-order valence-corrected chi connectivity index (χ4v) is 5.58. The van der Waals surface area contributed by atoms with Gasteiger partial charge in [-0.25, -0.2) is 14.7 Å². The first kappa shape index (κ1) is 23.9. The van der Waals surface area contributed by atoms with Crippen LogP contribution in [0.4, 0.5) is 22.9 Å². The molecule has 196 valence electrons. The fourth-order valence-electron chi connectivity index (χ4n) is 5.58. The summed E-state index contributed by atoms with van der Waals surface area (Å²) in [6, 6.07) is 34.5. The molecule has 0 bridgehead atoms. The SMILES string of the molecule is COc1ccccc1[C@@H]1c2c(C)nn(-c3ccccc3)c2N=C2C(=Nc3ccccc3C)Nc3ccccc3N21. The Bertz CT molecular complexity index is 1800. The van der Waals surface area contributed by atoms with E-state index in [1.165, 1.54) is 0 Å². The van der Waals surface area contributed by atoms with E-state index >= 15 is 0 Å². The number of para-hydroxylation sites is 5. The Hall–Kier alpha value is -5.17. The van der Waals surface area contributed by atoms with Crippen LogP contribution in [0.2, 0.25) is 0 Å². The number of nitrogens with zero attached hydrogens (tertiary/aromatic N) is 5. The Morgan fingerprint density at radius 3 is 2.38 bits per heavy atom. The van der Waals surface area contributed by atoms with Crippen LogP contribution in [0.5, 0.6) is 5.75 Å². The highest BCUT2D eigenvalue weighted by atomic mass is 16.5. The van der Waals surface area contributed by atoms with Gasteiger partial charge in [-0.05, 0) is 55.8 Å². The van der Waals surface area contributed by atoms with Crippen LogP contribution in [0.15, 0.2) is 113 Å².